The fraction of sp³-hybridized carbons (Fsp3) is 0.938. The number of morpholine rings is 1. The first-order valence-corrected chi connectivity index (χ1v) is 8.51. The van der Waals surface area contributed by atoms with Crippen molar-refractivity contribution in [1.82, 2.24) is 15.1 Å². The van der Waals surface area contributed by atoms with E-state index < -0.39 is 0 Å². The smallest absolute Gasteiger partial charge is 0.242 e. The molecule has 0 unspecified atom stereocenters. The molecule has 0 saturated carbocycles. The molecule has 0 aromatic carbocycles. The topological polar surface area (TPSA) is 44.8 Å². The van der Waals surface area contributed by atoms with E-state index in [0.29, 0.717) is 6.61 Å². The van der Waals surface area contributed by atoms with Crippen LogP contribution in [0.5, 0.6) is 0 Å². The van der Waals surface area contributed by atoms with Crippen LogP contribution in [0.4, 0.5) is 0 Å². The van der Waals surface area contributed by atoms with Gasteiger partial charge >= 0.3 is 0 Å². The van der Waals surface area contributed by atoms with Gasteiger partial charge in [-0.3, -0.25) is 4.79 Å². The highest BCUT2D eigenvalue weighted by atomic mass is 35.5. The third-order valence-electron chi connectivity index (χ3n) is 4.92. The number of carbonyl (C=O) groups excluding carboxylic acids is 1. The number of carbonyl (C=O) groups is 1. The van der Waals surface area contributed by atoms with Crippen LogP contribution >= 0.6 is 24.8 Å². The molecule has 2 heterocycles. The molecule has 138 valence electrons. The number of halogens is 2. The summed E-state index contributed by atoms with van der Waals surface area (Å²) in [6.45, 7) is 13.1. The molecule has 1 amide bonds. The van der Waals surface area contributed by atoms with E-state index in [9.17, 15) is 4.79 Å². The summed E-state index contributed by atoms with van der Waals surface area (Å²) in [5.74, 6) is 0.963. The van der Waals surface area contributed by atoms with Crippen molar-refractivity contribution < 1.29 is 9.53 Å². The summed E-state index contributed by atoms with van der Waals surface area (Å²) in [5, 5.41) is 3.30. The Morgan fingerprint density at radius 1 is 1.22 bits per heavy atom. The summed E-state index contributed by atoms with van der Waals surface area (Å²) in [5.41, 5.74) is 0. The number of hydrogen-bond acceptors (Lipinski definition) is 4. The van der Waals surface area contributed by atoms with Crippen molar-refractivity contribution in [2.45, 2.75) is 45.8 Å². The monoisotopic (exact) mass is 369 g/mol. The number of piperidine rings is 1. The molecule has 2 aliphatic heterocycles. The molecule has 0 aromatic heterocycles. The van der Waals surface area contributed by atoms with E-state index in [1.165, 1.54) is 6.54 Å². The van der Waals surface area contributed by atoms with Crippen LogP contribution in [0.1, 0.15) is 33.6 Å². The second kappa shape index (κ2) is 11.5. The van der Waals surface area contributed by atoms with Gasteiger partial charge in [0.25, 0.3) is 0 Å². The maximum absolute atomic E-state index is 12.6. The molecule has 2 rings (SSSR count). The minimum absolute atomic E-state index is 0. The zero-order valence-electron chi connectivity index (χ0n) is 14.6. The van der Waals surface area contributed by atoms with Crippen LogP contribution in [0.15, 0.2) is 0 Å². The third kappa shape index (κ3) is 6.39. The Morgan fingerprint density at radius 2 is 1.83 bits per heavy atom. The zero-order valence-corrected chi connectivity index (χ0v) is 16.3. The van der Waals surface area contributed by atoms with Crippen molar-refractivity contribution in [1.29, 1.82) is 0 Å². The number of nitrogens with one attached hydrogen (secondary N) is 1. The zero-order chi connectivity index (χ0) is 15.2. The number of amides is 1. The lowest BCUT2D eigenvalue weighted by Crippen LogP contribution is -2.57. The van der Waals surface area contributed by atoms with E-state index in [2.05, 4.69) is 24.1 Å². The molecule has 2 fully saturated rings. The standard InChI is InChI=1S/C16H31N3O2.2ClH/c1-4-18(5-2)12-14-6-9-19(10-7-14)16(20)15-13(3)21-11-8-17-15;;/h13-15,17H,4-12H2,1-3H3;2*1H/t13-,15+;;/m1../s1. The predicted octanol–water partition coefficient (Wildman–Crippen LogP) is 1.79. The molecule has 2 saturated heterocycles. The van der Waals surface area contributed by atoms with Gasteiger partial charge in [0.2, 0.25) is 5.91 Å². The van der Waals surface area contributed by atoms with Crippen molar-refractivity contribution in [3.05, 3.63) is 0 Å². The molecule has 7 heteroatoms. The minimum atomic E-state index is -0.155. The normalized spacial score (nSPS) is 25.7. The summed E-state index contributed by atoms with van der Waals surface area (Å²) in [7, 11) is 0. The first kappa shape index (κ1) is 22.9. The van der Waals surface area contributed by atoms with E-state index in [-0.39, 0.29) is 42.9 Å². The number of ether oxygens (including phenoxy) is 1. The Bertz CT molecular complexity index is 335. The lowest BCUT2D eigenvalue weighted by molar-refractivity contribution is -0.141. The van der Waals surface area contributed by atoms with Gasteiger partial charge in [-0.2, -0.15) is 0 Å². The van der Waals surface area contributed by atoms with Gasteiger partial charge in [0.1, 0.15) is 6.04 Å². The molecule has 0 bridgehead atoms. The van der Waals surface area contributed by atoms with Crippen LogP contribution < -0.4 is 5.32 Å². The van der Waals surface area contributed by atoms with Gasteiger partial charge in [-0.15, -0.1) is 24.8 Å². The summed E-state index contributed by atoms with van der Waals surface area (Å²) in [4.78, 5) is 17.1. The van der Waals surface area contributed by atoms with Gasteiger partial charge in [-0.05, 0) is 38.8 Å². The Hall–Kier alpha value is -0.0700. The van der Waals surface area contributed by atoms with Crippen LogP contribution in [0.25, 0.3) is 0 Å². The first-order valence-electron chi connectivity index (χ1n) is 8.51. The van der Waals surface area contributed by atoms with Crippen molar-refractivity contribution in [3.8, 4) is 0 Å². The minimum Gasteiger partial charge on any atom is -0.375 e. The van der Waals surface area contributed by atoms with Crippen LogP contribution in [0.3, 0.4) is 0 Å². The molecule has 2 aliphatic rings. The Morgan fingerprint density at radius 3 is 2.35 bits per heavy atom. The summed E-state index contributed by atoms with van der Waals surface area (Å²) < 4.78 is 5.59. The van der Waals surface area contributed by atoms with E-state index in [1.54, 1.807) is 0 Å². The summed E-state index contributed by atoms with van der Waals surface area (Å²) in [6, 6.07) is -0.155. The van der Waals surface area contributed by atoms with E-state index in [1.807, 2.05) is 11.8 Å². The number of nitrogens with zero attached hydrogens (tertiary/aromatic N) is 2. The van der Waals surface area contributed by atoms with Crippen LogP contribution in [0.2, 0.25) is 0 Å². The fourth-order valence-electron chi connectivity index (χ4n) is 3.39. The molecule has 2 atom stereocenters. The molecule has 1 N–H and O–H groups in total. The van der Waals surface area contributed by atoms with E-state index in [4.69, 9.17) is 4.74 Å². The molecule has 0 radical (unpaired) electrons. The van der Waals surface area contributed by atoms with Gasteiger partial charge in [-0.25, -0.2) is 0 Å². The lowest BCUT2D eigenvalue weighted by Gasteiger charge is -2.38. The fourth-order valence-corrected chi connectivity index (χ4v) is 3.39. The first-order chi connectivity index (χ1) is 10.2. The molecule has 23 heavy (non-hydrogen) atoms. The van der Waals surface area contributed by atoms with Gasteiger partial charge < -0.3 is 19.9 Å². The average molecular weight is 370 g/mol. The Labute approximate surface area is 153 Å². The quantitative estimate of drug-likeness (QED) is 0.802. The summed E-state index contributed by atoms with van der Waals surface area (Å²) in [6.07, 6.45) is 2.24. The maximum atomic E-state index is 12.6. The van der Waals surface area contributed by atoms with Crippen molar-refractivity contribution in [2.24, 2.45) is 5.92 Å². The van der Waals surface area contributed by atoms with Crippen molar-refractivity contribution >= 4 is 30.7 Å². The highest BCUT2D eigenvalue weighted by Crippen LogP contribution is 2.20. The van der Waals surface area contributed by atoms with Crippen molar-refractivity contribution in [2.75, 3.05) is 45.9 Å². The Kier molecular flexibility index (Phi) is 11.4. The van der Waals surface area contributed by atoms with Gasteiger partial charge in [0.15, 0.2) is 0 Å². The van der Waals surface area contributed by atoms with E-state index in [0.717, 1.165) is 51.5 Å². The molecular formula is C16H33Cl2N3O2. The lowest BCUT2D eigenvalue weighted by atomic mass is 9.95. The summed E-state index contributed by atoms with van der Waals surface area (Å²) >= 11 is 0. The highest BCUT2D eigenvalue weighted by molar-refractivity contribution is 5.85. The molecule has 0 aromatic rings. The molecule has 0 aliphatic carbocycles. The molecular weight excluding hydrogens is 337 g/mol. The number of likely N-dealkylation sites (tertiary alicyclic amines) is 1. The number of hydrogen-bond donors (Lipinski definition) is 1. The predicted molar refractivity (Wildman–Crippen MR) is 98.8 cm³/mol. The Balaban J connectivity index is 0.00000242. The van der Waals surface area contributed by atoms with Crippen LogP contribution in [-0.2, 0) is 9.53 Å². The second-order valence-electron chi connectivity index (χ2n) is 6.26. The van der Waals surface area contributed by atoms with Crippen LogP contribution in [0, 0.1) is 5.92 Å². The molecule has 5 nitrogen and oxygen atoms in total. The second-order valence-corrected chi connectivity index (χ2v) is 6.26. The largest absolute Gasteiger partial charge is 0.375 e. The van der Waals surface area contributed by atoms with Gasteiger partial charge in [0.05, 0.1) is 12.7 Å². The van der Waals surface area contributed by atoms with Gasteiger partial charge in [0, 0.05) is 26.2 Å². The van der Waals surface area contributed by atoms with Crippen LogP contribution in [-0.4, -0.2) is 73.7 Å². The SMILES string of the molecule is CCN(CC)CC1CCN(C(=O)[C@H]2NCCO[C@@H]2C)CC1.Cl.Cl. The van der Waals surface area contributed by atoms with E-state index >= 15 is 0 Å². The average Bonchev–Trinajstić information content (AvgIpc) is 2.53. The highest BCUT2D eigenvalue weighted by Gasteiger charge is 2.33. The van der Waals surface area contributed by atoms with Gasteiger partial charge in [-0.1, -0.05) is 13.8 Å². The number of rotatable bonds is 5. The van der Waals surface area contributed by atoms with Crippen molar-refractivity contribution in [3.63, 3.8) is 0 Å². The molecule has 0 spiro atoms. The maximum Gasteiger partial charge on any atom is 0.242 e. The third-order valence-corrected chi connectivity index (χ3v) is 4.92.